The second-order valence-electron chi connectivity index (χ2n) is 6.01. The summed E-state index contributed by atoms with van der Waals surface area (Å²) in [6.07, 6.45) is 4.98. The molecule has 0 spiro atoms. The third-order valence-corrected chi connectivity index (χ3v) is 4.59. The minimum atomic E-state index is -0.159. The average Bonchev–Trinajstić information content (AvgIpc) is 2.90. The van der Waals surface area contributed by atoms with Crippen LogP contribution in [0.2, 0.25) is 0 Å². The standard InChI is InChI=1S/C16H21NO2/c1-12(2)16-8-7-15(3,19-16)14(10-16)18-11-13-6-4-5-9-17-13/h4-6,9,14H,1,7-8,10-11H2,2-3H3. The van der Waals surface area contributed by atoms with Gasteiger partial charge in [0, 0.05) is 12.6 Å². The Morgan fingerprint density at radius 2 is 2.37 bits per heavy atom. The van der Waals surface area contributed by atoms with E-state index in [0.29, 0.717) is 6.61 Å². The molecule has 3 nitrogen and oxygen atoms in total. The minimum Gasteiger partial charge on any atom is -0.369 e. The lowest BCUT2D eigenvalue weighted by molar-refractivity contribution is -0.0801. The Morgan fingerprint density at radius 1 is 1.53 bits per heavy atom. The van der Waals surface area contributed by atoms with Crippen molar-refractivity contribution in [2.24, 2.45) is 0 Å². The molecule has 0 amide bonds. The monoisotopic (exact) mass is 259 g/mol. The van der Waals surface area contributed by atoms with Gasteiger partial charge in [0.15, 0.2) is 0 Å². The van der Waals surface area contributed by atoms with Gasteiger partial charge in [-0.05, 0) is 44.4 Å². The van der Waals surface area contributed by atoms with E-state index in [0.717, 1.165) is 30.5 Å². The van der Waals surface area contributed by atoms with Crippen molar-refractivity contribution in [1.29, 1.82) is 0 Å². The first-order valence-electron chi connectivity index (χ1n) is 6.92. The third-order valence-electron chi connectivity index (χ3n) is 4.59. The summed E-state index contributed by atoms with van der Waals surface area (Å²) in [5.41, 5.74) is 1.79. The van der Waals surface area contributed by atoms with Crippen molar-refractivity contribution < 1.29 is 9.47 Å². The molecule has 102 valence electrons. The van der Waals surface area contributed by atoms with Crippen molar-refractivity contribution in [2.75, 3.05) is 0 Å². The van der Waals surface area contributed by atoms with Gasteiger partial charge in [-0.15, -0.1) is 0 Å². The molecule has 2 aliphatic heterocycles. The van der Waals surface area contributed by atoms with E-state index < -0.39 is 0 Å². The predicted octanol–water partition coefficient (Wildman–Crippen LogP) is 3.25. The van der Waals surface area contributed by atoms with Crippen LogP contribution in [0.1, 0.15) is 38.8 Å². The molecule has 3 heteroatoms. The fourth-order valence-corrected chi connectivity index (χ4v) is 3.26. The molecule has 0 saturated carbocycles. The third kappa shape index (κ3) is 2.11. The Kier molecular flexibility index (Phi) is 2.99. The minimum absolute atomic E-state index is 0.139. The molecule has 1 aromatic rings. The van der Waals surface area contributed by atoms with Crippen LogP contribution in [0.5, 0.6) is 0 Å². The maximum Gasteiger partial charge on any atom is 0.0929 e. The highest BCUT2D eigenvalue weighted by atomic mass is 16.6. The summed E-state index contributed by atoms with van der Waals surface area (Å²) in [6.45, 7) is 8.87. The molecule has 3 rings (SSSR count). The Balaban J connectivity index is 1.69. The van der Waals surface area contributed by atoms with Crippen molar-refractivity contribution >= 4 is 0 Å². The first-order valence-corrected chi connectivity index (χ1v) is 6.92. The molecular weight excluding hydrogens is 238 g/mol. The molecule has 0 radical (unpaired) electrons. The van der Waals surface area contributed by atoms with Crippen LogP contribution in [0, 0.1) is 0 Å². The Labute approximate surface area is 114 Å². The van der Waals surface area contributed by atoms with Gasteiger partial charge in [-0.1, -0.05) is 12.6 Å². The summed E-state index contributed by atoms with van der Waals surface area (Å²) in [4.78, 5) is 4.29. The summed E-state index contributed by atoms with van der Waals surface area (Å²) >= 11 is 0. The lowest BCUT2D eigenvalue weighted by atomic mass is 9.78. The van der Waals surface area contributed by atoms with E-state index in [2.05, 4.69) is 25.4 Å². The molecule has 3 unspecified atom stereocenters. The van der Waals surface area contributed by atoms with Crippen LogP contribution in [-0.2, 0) is 16.1 Å². The van der Waals surface area contributed by atoms with Crippen molar-refractivity contribution in [3.8, 4) is 0 Å². The SMILES string of the molecule is C=C(C)C12CCC(C)(O1)C(OCc1ccccn1)C2. The number of hydrogen-bond acceptors (Lipinski definition) is 3. The molecule has 0 N–H and O–H groups in total. The van der Waals surface area contributed by atoms with Gasteiger partial charge >= 0.3 is 0 Å². The Bertz CT molecular complexity index is 487. The molecular formula is C16H21NO2. The second-order valence-corrected chi connectivity index (χ2v) is 6.01. The summed E-state index contributed by atoms with van der Waals surface area (Å²) < 4.78 is 12.3. The van der Waals surface area contributed by atoms with Gasteiger partial charge in [-0.2, -0.15) is 0 Å². The molecule has 1 aromatic heterocycles. The number of nitrogens with zero attached hydrogens (tertiary/aromatic N) is 1. The number of ether oxygens (including phenoxy) is 2. The van der Waals surface area contributed by atoms with E-state index in [1.165, 1.54) is 0 Å². The summed E-state index contributed by atoms with van der Waals surface area (Å²) in [7, 11) is 0. The number of pyridine rings is 1. The molecule has 0 aromatic carbocycles. The highest BCUT2D eigenvalue weighted by molar-refractivity contribution is 5.22. The van der Waals surface area contributed by atoms with Crippen LogP contribution in [0.4, 0.5) is 0 Å². The second kappa shape index (κ2) is 4.43. The van der Waals surface area contributed by atoms with E-state index in [1.54, 1.807) is 6.20 Å². The van der Waals surface area contributed by atoms with Crippen LogP contribution in [-0.4, -0.2) is 22.3 Å². The quantitative estimate of drug-likeness (QED) is 0.778. The van der Waals surface area contributed by atoms with Gasteiger partial charge in [0.2, 0.25) is 0 Å². The topological polar surface area (TPSA) is 31.4 Å². The highest BCUT2D eigenvalue weighted by Crippen LogP contribution is 2.54. The van der Waals surface area contributed by atoms with Crippen molar-refractivity contribution in [3.05, 3.63) is 42.2 Å². The molecule has 2 fully saturated rings. The molecule has 0 aliphatic carbocycles. The molecule has 19 heavy (non-hydrogen) atoms. The maximum atomic E-state index is 6.26. The van der Waals surface area contributed by atoms with Crippen molar-refractivity contribution in [2.45, 2.75) is 57.0 Å². The number of rotatable bonds is 4. The zero-order valence-corrected chi connectivity index (χ0v) is 11.7. The zero-order valence-electron chi connectivity index (χ0n) is 11.7. The predicted molar refractivity (Wildman–Crippen MR) is 73.7 cm³/mol. The van der Waals surface area contributed by atoms with E-state index in [-0.39, 0.29) is 17.3 Å². The maximum absolute atomic E-state index is 6.26. The number of aromatic nitrogens is 1. The fraction of sp³-hybridized carbons (Fsp3) is 0.562. The highest BCUT2D eigenvalue weighted by Gasteiger charge is 2.59. The van der Waals surface area contributed by atoms with Gasteiger partial charge in [0.05, 0.1) is 29.6 Å². The fourth-order valence-electron chi connectivity index (χ4n) is 3.26. The van der Waals surface area contributed by atoms with Crippen LogP contribution >= 0.6 is 0 Å². The zero-order chi connectivity index (χ0) is 13.5. The van der Waals surface area contributed by atoms with Crippen LogP contribution < -0.4 is 0 Å². The smallest absolute Gasteiger partial charge is 0.0929 e. The van der Waals surface area contributed by atoms with E-state index in [4.69, 9.17) is 9.47 Å². The number of fused-ring (bicyclic) bond motifs is 2. The lowest BCUT2D eigenvalue weighted by Gasteiger charge is -2.29. The van der Waals surface area contributed by atoms with Crippen molar-refractivity contribution in [1.82, 2.24) is 4.98 Å². The van der Waals surface area contributed by atoms with Gasteiger partial charge in [0.1, 0.15) is 0 Å². The van der Waals surface area contributed by atoms with E-state index in [1.807, 2.05) is 18.2 Å². The lowest BCUT2D eigenvalue weighted by Crippen LogP contribution is -2.37. The largest absolute Gasteiger partial charge is 0.369 e. The van der Waals surface area contributed by atoms with Gasteiger partial charge < -0.3 is 9.47 Å². The Morgan fingerprint density at radius 3 is 3.00 bits per heavy atom. The Hall–Kier alpha value is -1.19. The molecule has 2 saturated heterocycles. The number of hydrogen-bond donors (Lipinski definition) is 0. The molecule has 3 atom stereocenters. The summed E-state index contributed by atoms with van der Waals surface area (Å²) in [5, 5.41) is 0. The molecule has 2 bridgehead atoms. The molecule has 3 heterocycles. The van der Waals surface area contributed by atoms with Gasteiger partial charge in [0.25, 0.3) is 0 Å². The molecule has 2 aliphatic rings. The van der Waals surface area contributed by atoms with E-state index >= 15 is 0 Å². The average molecular weight is 259 g/mol. The van der Waals surface area contributed by atoms with Crippen LogP contribution in [0.25, 0.3) is 0 Å². The van der Waals surface area contributed by atoms with Crippen LogP contribution in [0.3, 0.4) is 0 Å². The van der Waals surface area contributed by atoms with Crippen molar-refractivity contribution in [3.63, 3.8) is 0 Å². The van der Waals surface area contributed by atoms with Crippen LogP contribution in [0.15, 0.2) is 36.5 Å². The normalized spacial score (nSPS) is 36.6. The van der Waals surface area contributed by atoms with Gasteiger partial charge in [-0.25, -0.2) is 0 Å². The summed E-state index contributed by atoms with van der Waals surface area (Å²) in [5.74, 6) is 0. The van der Waals surface area contributed by atoms with E-state index in [9.17, 15) is 0 Å². The van der Waals surface area contributed by atoms with Gasteiger partial charge in [-0.3, -0.25) is 4.98 Å². The first-order chi connectivity index (χ1) is 9.04. The first kappa shape index (κ1) is 12.8. The summed E-state index contributed by atoms with van der Waals surface area (Å²) in [6, 6.07) is 5.90.